The molecule has 30 nitrogen and oxygen atoms in total. The van der Waals surface area contributed by atoms with Gasteiger partial charge in [0.2, 0.25) is 0 Å². The van der Waals surface area contributed by atoms with Crippen molar-refractivity contribution in [2.75, 3.05) is 14.2 Å². The van der Waals surface area contributed by atoms with Crippen LogP contribution in [0.5, 0.6) is 17.2 Å². The Morgan fingerprint density at radius 3 is 1.40 bits per heavy atom. The van der Waals surface area contributed by atoms with Gasteiger partial charge in [-0.25, -0.2) is 0 Å². The molecule has 0 fully saturated rings. The molecular formula is C46H35N9O21S6. The Morgan fingerprint density at radius 2 is 0.878 bits per heavy atom. The first-order valence-electron chi connectivity index (χ1n) is 22.3. The maximum Gasteiger partial charge on any atom is 0.296 e. The number of benzene rings is 8. The number of rotatable bonds is 15. The normalized spacial score (nSPS) is 13.2. The van der Waals surface area contributed by atoms with Gasteiger partial charge in [0, 0.05) is 33.7 Å². The molecule has 36 heteroatoms. The van der Waals surface area contributed by atoms with Crippen molar-refractivity contribution in [3.63, 3.8) is 0 Å². The molecule has 0 aliphatic rings. The lowest BCUT2D eigenvalue weighted by atomic mass is 10.1. The van der Waals surface area contributed by atoms with E-state index in [9.17, 15) is 82.9 Å². The highest BCUT2D eigenvalue weighted by molar-refractivity contribution is 7.87. The van der Waals surface area contributed by atoms with Crippen LogP contribution >= 0.6 is 0 Å². The molecule has 0 aliphatic carbocycles. The Balaban J connectivity index is 1.03. The number of azo groups is 3. The molecule has 7 N–H and O–H groups in total. The number of hydrogen-bond acceptors (Lipinski definition) is 23. The summed E-state index contributed by atoms with van der Waals surface area (Å²) in [6.07, 6.45) is 0. The number of aryl methyl sites for hydroxylation is 2. The first kappa shape index (κ1) is 58.3. The monoisotopic (exact) mass is 1240 g/mol. The van der Waals surface area contributed by atoms with Gasteiger partial charge in [-0.15, -0.1) is 30.7 Å². The number of nitrogens with zero attached hydrogens (tertiary/aromatic N) is 9. The number of hydrogen-bond donors (Lipinski definition) is 7. The minimum atomic E-state index is -5.21. The third-order valence-electron chi connectivity index (χ3n) is 12.1. The summed E-state index contributed by atoms with van der Waals surface area (Å²) in [7, 11) is -28.2. The maximum absolute atomic E-state index is 12.9. The first-order chi connectivity index (χ1) is 38.0. The van der Waals surface area contributed by atoms with Crippen LogP contribution < -0.4 is 9.47 Å². The van der Waals surface area contributed by atoms with E-state index >= 15 is 0 Å². The van der Waals surface area contributed by atoms with Crippen molar-refractivity contribution in [1.29, 1.82) is 0 Å². The maximum atomic E-state index is 12.9. The van der Waals surface area contributed by atoms with Gasteiger partial charge in [-0.05, 0) is 115 Å². The van der Waals surface area contributed by atoms with Gasteiger partial charge >= 0.3 is 0 Å². The van der Waals surface area contributed by atoms with Crippen molar-refractivity contribution in [3.05, 3.63) is 108 Å². The molecule has 426 valence electrons. The highest BCUT2D eigenvalue weighted by Gasteiger charge is 2.28. The van der Waals surface area contributed by atoms with Crippen LogP contribution in [0, 0.1) is 13.8 Å². The summed E-state index contributed by atoms with van der Waals surface area (Å²) >= 11 is 0. The molecule has 0 atom stereocenters. The van der Waals surface area contributed by atoms with Crippen LogP contribution in [0.3, 0.4) is 0 Å². The smallest absolute Gasteiger partial charge is 0.296 e. The second-order valence-corrected chi connectivity index (χ2v) is 25.9. The quantitative estimate of drug-likeness (QED) is 0.0372. The lowest BCUT2D eigenvalue weighted by Gasteiger charge is -2.11. The van der Waals surface area contributed by atoms with E-state index in [-0.39, 0.29) is 72.5 Å². The van der Waals surface area contributed by atoms with Crippen LogP contribution in [0.25, 0.3) is 49.0 Å². The van der Waals surface area contributed by atoms with Crippen molar-refractivity contribution in [1.82, 2.24) is 15.0 Å². The molecule has 0 unspecified atom stereocenters. The number of ether oxygens (including phenoxy) is 2. The summed E-state index contributed by atoms with van der Waals surface area (Å²) in [6, 6.07) is 17.1. The van der Waals surface area contributed by atoms with Gasteiger partial charge in [-0.3, -0.25) is 27.3 Å². The number of aromatic hydroxyl groups is 1. The van der Waals surface area contributed by atoms with E-state index in [1.807, 2.05) is 0 Å². The number of fused-ring (bicyclic) bond motifs is 5. The average molecular weight is 1240 g/mol. The van der Waals surface area contributed by atoms with E-state index in [0.717, 1.165) is 23.0 Å². The van der Waals surface area contributed by atoms with Crippen LogP contribution in [-0.2, 0) is 60.7 Å². The summed E-state index contributed by atoms with van der Waals surface area (Å²) < 4.78 is 218. The molecule has 82 heavy (non-hydrogen) atoms. The molecular weight excluding hydrogens is 1210 g/mol. The third kappa shape index (κ3) is 11.4. The van der Waals surface area contributed by atoms with Gasteiger partial charge in [0.05, 0.1) is 41.1 Å². The van der Waals surface area contributed by atoms with E-state index in [0.29, 0.717) is 35.4 Å². The van der Waals surface area contributed by atoms with E-state index in [2.05, 4.69) is 40.9 Å². The highest BCUT2D eigenvalue weighted by atomic mass is 32.2. The van der Waals surface area contributed by atoms with E-state index in [4.69, 9.17) is 9.47 Å². The van der Waals surface area contributed by atoms with Crippen LogP contribution in [0.2, 0.25) is 0 Å². The third-order valence-corrected chi connectivity index (χ3v) is 17.3. The molecule has 0 bridgehead atoms. The molecule has 0 saturated carbocycles. The lowest BCUT2D eigenvalue weighted by molar-refractivity contribution is 0.405. The fourth-order valence-corrected chi connectivity index (χ4v) is 12.3. The van der Waals surface area contributed by atoms with Crippen molar-refractivity contribution in [2.45, 2.75) is 43.2 Å². The summed E-state index contributed by atoms with van der Waals surface area (Å²) in [6.45, 7) is 3.14. The molecule has 1 aromatic heterocycles. The van der Waals surface area contributed by atoms with Crippen LogP contribution in [-0.4, -0.2) is 112 Å². The Morgan fingerprint density at radius 1 is 0.415 bits per heavy atom. The Labute approximate surface area is 462 Å². The summed E-state index contributed by atoms with van der Waals surface area (Å²) in [4.78, 5) is -4.65. The lowest BCUT2D eigenvalue weighted by Crippen LogP contribution is -2.05. The molecule has 0 radical (unpaired) electrons. The van der Waals surface area contributed by atoms with E-state index < -0.39 is 118 Å². The second-order valence-electron chi connectivity index (χ2n) is 17.5. The molecule has 1 heterocycles. The summed E-state index contributed by atoms with van der Waals surface area (Å²) in [5.74, 6) is -0.818. The predicted octanol–water partition coefficient (Wildman–Crippen LogP) is 8.95. The Bertz CT molecular complexity index is 5110. The standard InChI is InChI=1S/C46H35N9O21S6/c1-21-10-34(48-51-37-18-30-24(13-42(37)81(69,70)71)12-26(77(57,58)59)16-41(30)80(66,67)68)22(2)9-33(21)47-49-35-19-39(76-4)36(20-38(35)75-3)50-52-45-43(82(72,73)74)14-23-11-25(5-6-28(23)46(45)56)55-53-32-8-7-29-31(44(32)54-55)15-27(78(60,61)62)17-40(29)79(63,64)65/h5-20,56H,1-4H3,(H,57,58,59)(H,60,61,62)(H,63,64,65)(H,66,67,68)(H,69,70,71)(H,72,73,74). The molecule has 8 aromatic carbocycles. The van der Waals surface area contributed by atoms with Gasteiger partial charge in [0.15, 0.2) is 5.75 Å². The summed E-state index contributed by atoms with van der Waals surface area (Å²) in [5.41, 5.74) is -0.261. The molecule has 0 saturated heterocycles. The SMILES string of the molecule is COc1cc(N=Nc2c(S(=O)(=O)O)cc3cc(-n4nc5ccc6c(S(=O)(=O)O)cc(S(=O)(=O)O)cc6c5n4)ccc3c2O)c(OC)cc1N=Nc1cc(C)c(N=Nc2cc3c(S(=O)(=O)O)cc(S(=O)(=O)O)cc3cc2S(=O)(=O)O)cc1C. The van der Waals surface area contributed by atoms with Gasteiger partial charge in [0.1, 0.15) is 64.9 Å². The number of methoxy groups -OCH3 is 2. The molecule has 9 aromatic rings. The number of aromatic nitrogens is 3. The molecule has 0 aliphatic heterocycles. The predicted molar refractivity (Wildman–Crippen MR) is 286 cm³/mol. The largest absolute Gasteiger partial charge is 0.505 e. The zero-order chi connectivity index (χ0) is 60.0. The van der Waals surface area contributed by atoms with E-state index in [1.165, 1.54) is 68.8 Å². The van der Waals surface area contributed by atoms with Crippen LogP contribution in [0.4, 0.5) is 34.1 Å². The number of phenolic OH excluding ortho intramolecular Hbond substituents is 1. The van der Waals surface area contributed by atoms with Crippen molar-refractivity contribution in [2.24, 2.45) is 30.7 Å². The average Bonchev–Trinajstić information content (AvgIpc) is 3.84. The van der Waals surface area contributed by atoms with E-state index in [1.54, 1.807) is 13.8 Å². The van der Waals surface area contributed by atoms with Crippen molar-refractivity contribution in [3.8, 4) is 22.9 Å². The van der Waals surface area contributed by atoms with Gasteiger partial charge in [-0.1, -0.05) is 6.07 Å². The van der Waals surface area contributed by atoms with Crippen LogP contribution in [0.1, 0.15) is 11.1 Å². The fraction of sp³-hybridized carbons (Fsp3) is 0.0870. The Kier molecular flexibility index (Phi) is 14.6. The highest BCUT2D eigenvalue weighted by Crippen LogP contribution is 2.46. The number of phenols is 1. The van der Waals surface area contributed by atoms with Crippen molar-refractivity contribution >= 4 is 138 Å². The second kappa shape index (κ2) is 20.5. The minimum absolute atomic E-state index is 0.00517. The van der Waals surface area contributed by atoms with Gasteiger partial charge in [0.25, 0.3) is 60.7 Å². The van der Waals surface area contributed by atoms with Gasteiger partial charge in [-0.2, -0.15) is 65.5 Å². The zero-order valence-electron chi connectivity index (χ0n) is 41.6. The molecule has 0 amide bonds. The zero-order valence-corrected chi connectivity index (χ0v) is 46.5. The molecule has 9 rings (SSSR count). The molecule has 0 spiro atoms. The minimum Gasteiger partial charge on any atom is -0.505 e. The van der Waals surface area contributed by atoms with Crippen molar-refractivity contribution < 1.29 is 92.4 Å². The Hall–Kier alpha value is -8.40. The fourth-order valence-electron chi connectivity index (χ4n) is 8.30. The topological polar surface area (TPSA) is 470 Å². The first-order valence-corrected chi connectivity index (χ1v) is 30.9. The van der Waals surface area contributed by atoms with Crippen LogP contribution in [0.15, 0.2) is 157 Å². The van der Waals surface area contributed by atoms with Gasteiger partial charge < -0.3 is 14.6 Å². The summed E-state index contributed by atoms with van der Waals surface area (Å²) in [5, 5.41) is 43.6.